The van der Waals surface area contributed by atoms with Crippen LogP contribution >= 0.6 is 11.6 Å². The molecular formula is C11H12ClFO3S. The van der Waals surface area contributed by atoms with Crippen LogP contribution < -0.4 is 0 Å². The number of ketones is 1. The zero-order valence-corrected chi connectivity index (χ0v) is 11.2. The minimum atomic E-state index is -3.61. The Morgan fingerprint density at radius 3 is 2.35 bits per heavy atom. The lowest BCUT2D eigenvalue weighted by Crippen LogP contribution is -2.40. The van der Waals surface area contributed by atoms with Gasteiger partial charge in [0, 0.05) is 11.8 Å². The molecule has 0 radical (unpaired) electrons. The summed E-state index contributed by atoms with van der Waals surface area (Å²) in [6.45, 7) is 2.54. The molecule has 17 heavy (non-hydrogen) atoms. The van der Waals surface area contributed by atoms with Crippen molar-refractivity contribution in [2.45, 2.75) is 18.6 Å². The maximum Gasteiger partial charge on any atom is 0.185 e. The van der Waals surface area contributed by atoms with Crippen LogP contribution in [0.15, 0.2) is 18.2 Å². The molecule has 94 valence electrons. The van der Waals surface area contributed by atoms with Crippen molar-refractivity contribution >= 4 is 27.2 Å². The van der Waals surface area contributed by atoms with Crippen molar-refractivity contribution in [2.24, 2.45) is 0 Å². The topological polar surface area (TPSA) is 51.2 Å². The molecule has 0 saturated heterocycles. The molecule has 0 saturated carbocycles. The van der Waals surface area contributed by atoms with Gasteiger partial charge in [0.1, 0.15) is 10.6 Å². The molecule has 1 rings (SSSR count). The third kappa shape index (κ3) is 2.66. The van der Waals surface area contributed by atoms with Gasteiger partial charge in [0.2, 0.25) is 0 Å². The average Bonchev–Trinajstić information content (AvgIpc) is 2.19. The quantitative estimate of drug-likeness (QED) is 0.798. The highest BCUT2D eigenvalue weighted by Crippen LogP contribution is 2.26. The Morgan fingerprint density at radius 2 is 1.88 bits per heavy atom. The van der Waals surface area contributed by atoms with Gasteiger partial charge in [0.05, 0.1) is 5.02 Å². The summed E-state index contributed by atoms with van der Waals surface area (Å²) in [6.07, 6.45) is 0.956. The number of hydrogen-bond donors (Lipinski definition) is 0. The summed E-state index contributed by atoms with van der Waals surface area (Å²) >= 11 is 5.76. The monoisotopic (exact) mass is 278 g/mol. The first-order chi connectivity index (χ1) is 7.57. The van der Waals surface area contributed by atoms with Crippen LogP contribution in [-0.2, 0) is 9.84 Å². The van der Waals surface area contributed by atoms with E-state index < -0.39 is 26.2 Å². The summed E-state index contributed by atoms with van der Waals surface area (Å²) in [7, 11) is -3.61. The highest BCUT2D eigenvalue weighted by Gasteiger charge is 2.39. The van der Waals surface area contributed by atoms with Crippen LogP contribution in [0.3, 0.4) is 0 Å². The molecule has 0 atom stereocenters. The number of rotatable bonds is 3. The number of carbonyl (C=O) groups excluding carboxylic acids is 1. The molecule has 0 aliphatic rings. The fourth-order valence-electron chi connectivity index (χ4n) is 1.16. The zero-order valence-electron chi connectivity index (χ0n) is 9.62. The van der Waals surface area contributed by atoms with Gasteiger partial charge in [-0.2, -0.15) is 0 Å². The number of sulfone groups is 1. The molecule has 3 nitrogen and oxygen atoms in total. The molecule has 0 unspecified atom stereocenters. The Balaban J connectivity index is 3.36. The van der Waals surface area contributed by atoms with Gasteiger partial charge in [-0.05, 0) is 32.0 Å². The molecule has 0 aromatic heterocycles. The first-order valence-electron chi connectivity index (χ1n) is 4.77. The molecule has 0 aliphatic heterocycles. The Hall–Kier alpha value is -0.940. The Labute approximate surface area is 105 Å². The van der Waals surface area contributed by atoms with Crippen LogP contribution in [0.1, 0.15) is 24.2 Å². The largest absolute Gasteiger partial charge is 0.292 e. The zero-order chi connectivity index (χ0) is 13.4. The first-order valence-corrected chi connectivity index (χ1v) is 7.04. The van der Waals surface area contributed by atoms with Crippen molar-refractivity contribution in [1.82, 2.24) is 0 Å². The van der Waals surface area contributed by atoms with Crippen LogP contribution in [0.5, 0.6) is 0 Å². The van der Waals surface area contributed by atoms with Gasteiger partial charge in [-0.15, -0.1) is 0 Å². The minimum absolute atomic E-state index is 0.0353. The maximum atomic E-state index is 13.0. The lowest BCUT2D eigenvalue weighted by atomic mass is 10.00. The van der Waals surface area contributed by atoms with E-state index in [0.717, 1.165) is 18.4 Å². The van der Waals surface area contributed by atoms with E-state index in [1.54, 1.807) is 0 Å². The van der Waals surface area contributed by atoms with E-state index in [4.69, 9.17) is 11.6 Å². The van der Waals surface area contributed by atoms with E-state index in [9.17, 15) is 17.6 Å². The van der Waals surface area contributed by atoms with Gasteiger partial charge < -0.3 is 0 Å². The predicted molar refractivity (Wildman–Crippen MR) is 64.7 cm³/mol. The van der Waals surface area contributed by atoms with Gasteiger partial charge in [-0.3, -0.25) is 4.79 Å². The summed E-state index contributed by atoms with van der Waals surface area (Å²) in [5.41, 5.74) is -0.123. The van der Waals surface area contributed by atoms with E-state index in [2.05, 4.69) is 0 Å². The molecule has 0 N–H and O–H groups in total. The van der Waals surface area contributed by atoms with Gasteiger partial charge in [0.25, 0.3) is 0 Å². The normalized spacial score (nSPS) is 12.5. The van der Waals surface area contributed by atoms with Crippen molar-refractivity contribution in [2.75, 3.05) is 6.26 Å². The Bertz CT molecular complexity index is 564. The third-order valence-corrected chi connectivity index (χ3v) is 5.02. The van der Waals surface area contributed by atoms with Gasteiger partial charge in [-0.1, -0.05) is 11.6 Å². The van der Waals surface area contributed by atoms with Crippen LogP contribution in [0.4, 0.5) is 4.39 Å². The van der Waals surface area contributed by atoms with E-state index in [1.807, 2.05) is 0 Å². The van der Waals surface area contributed by atoms with E-state index in [-0.39, 0.29) is 10.6 Å². The van der Waals surface area contributed by atoms with E-state index >= 15 is 0 Å². The lowest BCUT2D eigenvalue weighted by Gasteiger charge is -2.21. The first kappa shape index (κ1) is 14.1. The average molecular weight is 279 g/mol. The fourth-order valence-corrected chi connectivity index (χ4v) is 1.81. The van der Waals surface area contributed by atoms with Gasteiger partial charge >= 0.3 is 0 Å². The van der Waals surface area contributed by atoms with Crippen molar-refractivity contribution < 1.29 is 17.6 Å². The highest BCUT2D eigenvalue weighted by molar-refractivity contribution is 7.92. The van der Waals surface area contributed by atoms with Crippen LogP contribution in [0, 0.1) is 5.82 Å². The van der Waals surface area contributed by atoms with Crippen molar-refractivity contribution in [3.8, 4) is 0 Å². The van der Waals surface area contributed by atoms with Crippen molar-refractivity contribution in [3.63, 3.8) is 0 Å². The van der Waals surface area contributed by atoms with E-state index in [1.165, 1.54) is 19.9 Å². The summed E-state index contributed by atoms with van der Waals surface area (Å²) in [6, 6.07) is 3.27. The molecule has 0 aliphatic carbocycles. The van der Waals surface area contributed by atoms with E-state index in [0.29, 0.717) is 0 Å². The summed E-state index contributed by atoms with van der Waals surface area (Å²) in [5.74, 6) is -1.36. The standard InChI is InChI=1S/C11H12ClFO3S/c1-11(2,17(3,15)16)10(14)8-6-7(13)4-5-9(8)12/h4-6H,1-3H3. The molecular weight excluding hydrogens is 267 g/mol. The second-order valence-electron chi connectivity index (χ2n) is 4.24. The smallest absolute Gasteiger partial charge is 0.185 e. The van der Waals surface area contributed by atoms with Crippen LogP contribution in [-0.4, -0.2) is 25.2 Å². The van der Waals surface area contributed by atoms with Crippen LogP contribution in [0.25, 0.3) is 0 Å². The fraction of sp³-hybridized carbons (Fsp3) is 0.364. The lowest BCUT2D eigenvalue weighted by molar-refractivity contribution is 0.0954. The Morgan fingerprint density at radius 1 is 1.35 bits per heavy atom. The molecule has 0 spiro atoms. The molecule has 6 heteroatoms. The molecule has 1 aromatic rings. The van der Waals surface area contributed by atoms with Gasteiger partial charge in [0.15, 0.2) is 15.6 Å². The second-order valence-corrected chi connectivity index (χ2v) is 7.21. The summed E-state index contributed by atoms with van der Waals surface area (Å²) in [5, 5.41) is 0.0353. The van der Waals surface area contributed by atoms with Crippen molar-refractivity contribution in [3.05, 3.63) is 34.6 Å². The third-order valence-electron chi connectivity index (χ3n) is 2.65. The number of halogens is 2. The molecule has 0 amide bonds. The van der Waals surface area contributed by atoms with Crippen LogP contribution in [0.2, 0.25) is 5.02 Å². The maximum absolute atomic E-state index is 13.0. The highest BCUT2D eigenvalue weighted by atomic mass is 35.5. The molecule has 0 heterocycles. The summed E-state index contributed by atoms with van der Waals surface area (Å²) in [4.78, 5) is 12.1. The van der Waals surface area contributed by atoms with Gasteiger partial charge in [-0.25, -0.2) is 12.8 Å². The Kier molecular flexibility index (Phi) is 3.64. The molecule has 1 aromatic carbocycles. The SMILES string of the molecule is CC(C)(C(=O)c1cc(F)ccc1Cl)S(C)(=O)=O. The minimum Gasteiger partial charge on any atom is -0.292 e. The molecule has 0 bridgehead atoms. The number of Topliss-reactive ketones (excluding diaryl/α,β-unsaturated/α-hetero) is 1. The number of hydrogen-bond acceptors (Lipinski definition) is 3. The second kappa shape index (κ2) is 4.38. The number of carbonyl (C=O) groups is 1. The molecule has 0 fully saturated rings. The predicted octanol–water partition coefficient (Wildman–Crippen LogP) is 2.49. The number of benzene rings is 1. The summed E-state index contributed by atoms with van der Waals surface area (Å²) < 4.78 is 34.4. The van der Waals surface area contributed by atoms with Crippen molar-refractivity contribution in [1.29, 1.82) is 0 Å².